The van der Waals surface area contributed by atoms with Crippen LogP contribution in [0.1, 0.15) is 45.4 Å². The quantitative estimate of drug-likeness (QED) is 0.704. The maximum absolute atomic E-state index is 12.0. The van der Waals surface area contributed by atoms with E-state index in [4.69, 9.17) is 20.9 Å². The number of primary amides is 1. The molecule has 1 aliphatic carbocycles. The highest BCUT2D eigenvalue weighted by Crippen LogP contribution is 2.27. The summed E-state index contributed by atoms with van der Waals surface area (Å²) in [7, 11) is 0. The Morgan fingerprint density at radius 2 is 1.93 bits per heavy atom. The van der Waals surface area contributed by atoms with Crippen molar-refractivity contribution in [2.24, 2.45) is 11.7 Å². The lowest BCUT2D eigenvalue weighted by Gasteiger charge is -2.39. The average Bonchev–Trinajstić information content (AvgIpc) is 3.14. The lowest BCUT2D eigenvalue weighted by Crippen LogP contribution is -2.55. The lowest BCUT2D eigenvalue weighted by atomic mass is 10.2. The van der Waals surface area contributed by atoms with E-state index in [1.165, 1.54) is 6.20 Å². The molecule has 29 heavy (non-hydrogen) atoms. The van der Waals surface area contributed by atoms with Crippen molar-refractivity contribution in [2.75, 3.05) is 11.6 Å². The Balaban J connectivity index is 0.000000516. The zero-order valence-electron chi connectivity index (χ0n) is 16.1. The number of nitrogens with zero attached hydrogens (tertiary/aromatic N) is 5. The van der Waals surface area contributed by atoms with Crippen LogP contribution in [0.5, 0.6) is 0 Å². The number of nitriles is 1. The molecule has 0 radical (unpaired) electrons. The predicted molar refractivity (Wildman–Crippen MR) is 96.3 cm³/mol. The van der Waals surface area contributed by atoms with Gasteiger partial charge in [-0.1, -0.05) is 26.7 Å². The largest absolute Gasteiger partial charge is 0.490 e. The molecule has 2 amide bonds. The maximum Gasteiger partial charge on any atom is 0.490 e. The zero-order valence-corrected chi connectivity index (χ0v) is 16.1. The summed E-state index contributed by atoms with van der Waals surface area (Å²) < 4.78 is 31.7. The van der Waals surface area contributed by atoms with E-state index in [-0.39, 0.29) is 11.9 Å². The van der Waals surface area contributed by atoms with Gasteiger partial charge in [-0.05, 0) is 18.8 Å². The number of hydrogen-bond acceptors (Lipinski definition) is 6. The third kappa shape index (κ3) is 7.44. The van der Waals surface area contributed by atoms with Gasteiger partial charge in [0.25, 0.3) is 0 Å². The van der Waals surface area contributed by atoms with Gasteiger partial charge in [-0.3, -0.25) is 5.01 Å². The van der Waals surface area contributed by atoms with Crippen molar-refractivity contribution in [3.05, 3.63) is 18.1 Å². The third-order valence-electron chi connectivity index (χ3n) is 3.94. The fourth-order valence-electron chi connectivity index (χ4n) is 2.83. The number of nitrogens with two attached hydrogens (primary N) is 1. The van der Waals surface area contributed by atoms with Gasteiger partial charge in [-0.25, -0.2) is 19.6 Å². The number of urea groups is 1. The summed E-state index contributed by atoms with van der Waals surface area (Å²) in [6, 6.07) is 3.24. The minimum Gasteiger partial charge on any atom is -0.475 e. The molecule has 0 bridgehead atoms. The summed E-state index contributed by atoms with van der Waals surface area (Å²) in [6.45, 7) is 4.72. The van der Waals surface area contributed by atoms with Crippen LogP contribution in [0.15, 0.2) is 12.3 Å². The average molecular weight is 416 g/mol. The topological polar surface area (TPSA) is 136 Å². The van der Waals surface area contributed by atoms with Crippen LogP contribution in [0.25, 0.3) is 0 Å². The van der Waals surface area contributed by atoms with Gasteiger partial charge in [0.15, 0.2) is 5.82 Å². The Morgan fingerprint density at radius 1 is 1.38 bits per heavy atom. The lowest BCUT2D eigenvalue weighted by molar-refractivity contribution is -0.192. The van der Waals surface area contributed by atoms with E-state index in [0.29, 0.717) is 18.3 Å². The van der Waals surface area contributed by atoms with Gasteiger partial charge in [0, 0.05) is 18.8 Å². The number of carbonyl (C=O) groups excluding carboxylic acids is 1. The van der Waals surface area contributed by atoms with Crippen molar-refractivity contribution < 1.29 is 27.9 Å². The molecule has 160 valence electrons. The molecule has 0 aromatic carbocycles. The molecule has 2 rings (SSSR count). The van der Waals surface area contributed by atoms with Crippen LogP contribution >= 0.6 is 0 Å². The van der Waals surface area contributed by atoms with Gasteiger partial charge in [0.05, 0.1) is 6.04 Å². The van der Waals surface area contributed by atoms with Crippen LogP contribution < -0.4 is 10.7 Å². The monoisotopic (exact) mass is 416 g/mol. The van der Waals surface area contributed by atoms with Crippen LogP contribution in [-0.4, -0.2) is 50.8 Å². The summed E-state index contributed by atoms with van der Waals surface area (Å²) >= 11 is 0. The molecular formula is C17H23F3N6O3. The molecule has 1 aromatic rings. The van der Waals surface area contributed by atoms with Crippen molar-refractivity contribution in [2.45, 2.75) is 51.7 Å². The Hall–Kier alpha value is -3.10. The van der Waals surface area contributed by atoms with E-state index in [1.807, 2.05) is 6.07 Å². The number of amides is 2. The van der Waals surface area contributed by atoms with Crippen molar-refractivity contribution >= 4 is 17.8 Å². The number of aliphatic carboxylic acids is 1. The Kier molecular flexibility index (Phi) is 8.62. The van der Waals surface area contributed by atoms with Gasteiger partial charge >= 0.3 is 18.2 Å². The molecule has 0 spiro atoms. The second-order valence-corrected chi connectivity index (χ2v) is 6.75. The smallest absolute Gasteiger partial charge is 0.475 e. The Morgan fingerprint density at radius 3 is 2.34 bits per heavy atom. The summed E-state index contributed by atoms with van der Waals surface area (Å²) in [6.07, 6.45) is 0.512. The second kappa shape index (κ2) is 10.4. The number of halogens is 3. The molecule has 0 aliphatic heterocycles. The molecule has 12 heteroatoms. The van der Waals surface area contributed by atoms with Crippen LogP contribution in [0.2, 0.25) is 0 Å². The number of alkyl halides is 3. The van der Waals surface area contributed by atoms with Gasteiger partial charge in [0.2, 0.25) is 5.82 Å². The molecule has 3 N–H and O–H groups in total. The molecule has 1 fully saturated rings. The summed E-state index contributed by atoms with van der Waals surface area (Å²) in [4.78, 5) is 29.0. The third-order valence-corrected chi connectivity index (χ3v) is 3.94. The fraction of sp³-hybridized carbons (Fsp3) is 0.588. The molecular weight excluding hydrogens is 393 g/mol. The number of hydrazine groups is 1. The molecule has 0 atom stereocenters. The number of rotatable bonds is 5. The highest BCUT2D eigenvalue weighted by atomic mass is 19.4. The van der Waals surface area contributed by atoms with Crippen LogP contribution in [0.3, 0.4) is 0 Å². The molecule has 0 saturated heterocycles. The first kappa shape index (κ1) is 23.9. The van der Waals surface area contributed by atoms with E-state index in [2.05, 4.69) is 23.8 Å². The van der Waals surface area contributed by atoms with E-state index in [1.54, 1.807) is 16.1 Å². The minimum absolute atomic E-state index is 0.0853. The first-order valence-corrected chi connectivity index (χ1v) is 8.86. The first-order valence-electron chi connectivity index (χ1n) is 8.86. The Labute approximate surface area is 165 Å². The molecule has 1 saturated carbocycles. The van der Waals surface area contributed by atoms with E-state index in [0.717, 1.165) is 25.7 Å². The number of carboxylic acids is 1. The summed E-state index contributed by atoms with van der Waals surface area (Å²) in [5.74, 6) is -1.83. The van der Waals surface area contributed by atoms with E-state index >= 15 is 0 Å². The van der Waals surface area contributed by atoms with Crippen LogP contribution in [0.4, 0.5) is 23.8 Å². The van der Waals surface area contributed by atoms with Gasteiger partial charge in [-0.15, -0.1) is 0 Å². The normalized spacial score (nSPS) is 14.0. The standard InChI is InChI=1S/C15H22N6O.C2HF3O2/c1-11(2)10-20(14-7-8-18-13(9-16)19-14)21(15(17)22)12-5-3-4-6-12;3-2(4,5)1(6)7/h7-8,11-12H,3-6,10H2,1-2H3,(H2,17,22);(H,6,7). The highest BCUT2D eigenvalue weighted by Gasteiger charge is 2.38. The highest BCUT2D eigenvalue weighted by molar-refractivity contribution is 5.74. The summed E-state index contributed by atoms with van der Waals surface area (Å²) in [5.41, 5.74) is 5.64. The number of aromatic nitrogens is 2. The van der Waals surface area contributed by atoms with Gasteiger partial charge in [0.1, 0.15) is 6.07 Å². The predicted octanol–water partition coefficient (Wildman–Crippen LogP) is 2.68. The number of carboxylic acid groups (broad SMARTS) is 1. The molecule has 1 aromatic heterocycles. The molecule has 9 nitrogen and oxygen atoms in total. The van der Waals surface area contributed by atoms with E-state index < -0.39 is 18.2 Å². The maximum atomic E-state index is 12.0. The fourth-order valence-corrected chi connectivity index (χ4v) is 2.83. The summed E-state index contributed by atoms with van der Waals surface area (Å²) in [5, 5.41) is 19.5. The number of hydrogen-bond donors (Lipinski definition) is 2. The van der Waals surface area contributed by atoms with Gasteiger partial charge < -0.3 is 10.8 Å². The van der Waals surface area contributed by atoms with Gasteiger partial charge in [-0.2, -0.15) is 23.4 Å². The van der Waals surface area contributed by atoms with Crippen molar-refractivity contribution in [3.63, 3.8) is 0 Å². The SMILES string of the molecule is CC(C)CN(c1ccnc(C#N)n1)N(C(N)=O)C1CCCC1.O=C(O)C(F)(F)F. The van der Waals surface area contributed by atoms with Crippen molar-refractivity contribution in [3.8, 4) is 6.07 Å². The molecule has 1 aliphatic rings. The number of carbonyl (C=O) groups is 2. The minimum atomic E-state index is -5.08. The zero-order chi connectivity index (χ0) is 22.2. The van der Waals surface area contributed by atoms with Crippen molar-refractivity contribution in [1.29, 1.82) is 5.26 Å². The molecule has 1 heterocycles. The molecule has 0 unspecified atom stereocenters. The second-order valence-electron chi connectivity index (χ2n) is 6.75. The van der Waals surface area contributed by atoms with Crippen LogP contribution in [-0.2, 0) is 4.79 Å². The Bertz CT molecular complexity index is 745. The van der Waals surface area contributed by atoms with E-state index in [9.17, 15) is 18.0 Å². The van der Waals surface area contributed by atoms with Crippen LogP contribution in [0, 0.1) is 17.2 Å². The van der Waals surface area contributed by atoms with Crippen molar-refractivity contribution in [1.82, 2.24) is 15.0 Å². The first-order chi connectivity index (χ1) is 13.5. The number of anilines is 1.